The Hall–Kier alpha value is -1.95. The summed E-state index contributed by atoms with van der Waals surface area (Å²) in [7, 11) is 1.44. The van der Waals surface area contributed by atoms with Crippen LogP contribution in [0.4, 0.5) is 0 Å². The monoisotopic (exact) mass is 210 g/mol. The first-order valence-corrected chi connectivity index (χ1v) is 4.08. The van der Waals surface area contributed by atoms with Gasteiger partial charge in [0.2, 0.25) is 0 Å². The molecule has 0 bridgehead atoms. The summed E-state index contributed by atoms with van der Waals surface area (Å²) in [6, 6.07) is 2.67. The van der Waals surface area contributed by atoms with E-state index < -0.39 is 5.97 Å². The number of rotatable bonds is 4. The van der Waals surface area contributed by atoms with Crippen molar-refractivity contribution < 1.29 is 19.8 Å². The zero-order valence-electron chi connectivity index (χ0n) is 8.04. The van der Waals surface area contributed by atoms with Gasteiger partial charge >= 0.3 is 5.97 Å². The Morgan fingerprint density at radius 3 is 2.93 bits per heavy atom. The van der Waals surface area contributed by atoms with Gasteiger partial charge in [-0.05, 0) is 12.1 Å². The molecule has 0 radical (unpaired) electrons. The predicted molar refractivity (Wildman–Crippen MR) is 51.4 cm³/mol. The number of pyridine rings is 1. The molecule has 0 atom stereocenters. The SMILES string of the molecule is COC/C(=N\O)c1cc(C(=O)O)ccn1. The van der Waals surface area contributed by atoms with E-state index in [0.717, 1.165) is 0 Å². The molecule has 1 aromatic rings. The molecule has 0 aliphatic rings. The molecule has 1 rings (SSSR count). The molecular weight excluding hydrogens is 200 g/mol. The van der Waals surface area contributed by atoms with Gasteiger partial charge in [0, 0.05) is 13.3 Å². The number of aromatic carboxylic acids is 1. The number of carboxylic acids is 1. The fourth-order valence-electron chi connectivity index (χ4n) is 1.01. The van der Waals surface area contributed by atoms with E-state index in [4.69, 9.17) is 15.1 Å². The van der Waals surface area contributed by atoms with Crippen molar-refractivity contribution in [3.05, 3.63) is 29.6 Å². The highest BCUT2D eigenvalue weighted by molar-refractivity contribution is 6.01. The Bertz CT molecular complexity index is 389. The fourth-order valence-corrected chi connectivity index (χ4v) is 1.01. The lowest BCUT2D eigenvalue weighted by molar-refractivity contribution is 0.0696. The molecule has 15 heavy (non-hydrogen) atoms. The lowest BCUT2D eigenvalue weighted by Gasteiger charge is -2.02. The van der Waals surface area contributed by atoms with E-state index in [-0.39, 0.29) is 23.6 Å². The number of oxime groups is 1. The van der Waals surface area contributed by atoms with Crippen molar-refractivity contribution in [2.45, 2.75) is 0 Å². The Balaban J connectivity index is 3.03. The van der Waals surface area contributed by atoms with Gasteiger partial charge in [0.25, 0.3) is 0 Å². The maximum atomic E-state index is 10.7. The number of carbonyl (C=O) groups is 1. The number of nitrogens with zero attached hydrogens (tertiary/aromatic N) is 2. The van der Waals surface area contributed by atoms with Gasteiger partial charge in [0.05, 0.1) is 17.9 Å². The van der Waals surface area contributed by atoms with Crippen molar-refractivity contribution in [1.82, 2.24) is 4.98 Å². The third kappa shape index (κ3) is 2.75. The zero-order valence-corrected chi connectivity index (χ0v) is 8.04. The van der Waals surface area contributed by atoms with E-state index in [9.17, 15) is 4.79 Å². The number of methoxy groups -OCH3 is 1. The minimum atomic E-state index is -1.06. The highest BCUT2D eigenvalue weighted by Gasteiger charge is 2.09. The van der Waals surface area contributed by atoms with Crippen LogP contribution in [0.5, 0.6) is 0 Å². The van der Waals surface area contributed by atoms with Crippen molar-refractivity contribution in [1.29, 1.82) is 0 Å². The van der Waals surface area contributed by atoms with Crippen LogP contribution in [0.15, 0.2) is 23.5 Å². The van der Waals surface area contributed by atoms with Crippen LogP contribution in [0.1, 0.15) is 16.1 Å². The second kappa shape index (κ2) is 5.06. The Kier molecular flexibility index (Phi) is 3.75. The van der Waals surface area contributed by atoms with E-state index in [0.29, 0.717) is 0 Å². The van der Waals surface area contributed by atoms with Crippen molar-refractivity contribution in [3.63, 3.8) is 0 Å². The summed E-state index contributed by atoms with van der Waals surface area (Å²) in [6.45, 7) is 0.0621. The molecule has 0 aliphatic heterocycles. The largest absolute Gasteiger partial charge is 0.478 e. The standard InChI is InChI=1S/C9H10N2O4/c1-15-5-8(11-14)7-4-6(9(12)13)2-3-10-7/h2-4,14H,5H2,1H3,(H,12,13)/b11-8+. The smallest absolute Gasteiger partial charge is 0.335 e. The molecule has 1 aromatic heterocycles. The van der Waals surface area contributed by atoms with Gasteiger partial charge in [0.1, 0.15) is 5.71 Å². The predicted octanol–water partition coefficient (Wildman–Crippen LogP) is 0.605. The first kappa shape index (κ1) is 11.1. The molecule has 0 fully saturated rings. The molecular formula is C9H10N2O4. The van der Waals surface area contributed by atoms with E-state index in [1.54, 1.807) is 0 Å². The second-order valence-corrected chi connectivity index (χ2v) is 2.71. The van der Waals surface area contributed by atoms with Crippen LogP contribution in [0.25, 0.3) is 0 Å². The van der Waals surface area contributed by atoms with E-state index in [1.165, 1.54) is 25.4 Å². The molecule has 0 amide bonds. The Morgan fingerprint density at radius 1 is 1.67 bits per heavy atom. The average molecular weight is 210 g/mol. The van der Waals surface area contributed by atoms with Crippen LogP contribution in [-0.4, -0.2) is 40.7 Å². The topological polar surface area (TPSA) is 92.0 Å². The molecule has 0 spiro atoms. The minimum absolute atomic E-state index is 0.0621. The van der Waals surface area contributed by atoms with E-state index in [1.807, 2.05) is 0 Å². The fraction of sp³-hybridized carbons (Fsp3) is 0.222. The van der Waals surface area contributed by atoms with Crippen LogP contribution >= 0.6 is 0 Å². The van der Waals surface area contributed by atoms with Gasteiger partial charge in [-0.25, -0.2) is 4.79 Å². The second-order valence-electron chi connectivity index (χ2n) is 2.71. The van der Waals surface area contributed by atoms with E-state index >= 15 is 0 Å². The lowest BCUT2D eigenvalue weighted by Crippen LogP contribution is -2.12. The Morgan fingerprint density at radius 2 is 2.40 bits per heavy atom. The lowest BCUT2D eigenvalue weighted by atomic mass is 10.2. The average Bonchev–Trinajstić information content (AvgIpc) is 2.26. The summed E-state index contributed by atoms with van der Waals surface area (Å²) in [6.07, 6.45) is 1.33. The summed E-state index contributed by atoms with van der Waals surface area (Å²) < 4.78 is 4.77. The van der Waals surface area contributed by atoms with Gasteiger partial charge in [-0.2, -0.15) is 0 Å². The highest BCUT2D eigenvalue weighted by atomic mass is 16.5. The molecule has 80 valence electrons. The molecule has 0 unspecified atom stereocenters. The number of aromatic nitrogens is 1. The van der Waals surface area contributed by atoms with Crippen molar-refractivity contribution in [2.24, 2.45) is 5.16 Å². The zero-order chi connectivity index (χ0) is 11.3. The summed E-state index contributed by atoms with van der Waals surface area (Å²) >= 11 is 0. The van der Waals surface area contributed by atoms with Crippen LogP contribution in [0, 0.1) is 0 Å². The summed E-state index contributed by atoms with van der Waals surface area (Å²) in [4.78, 5) is 14.5. The maximum absolute atomic E-state index is 10.7. The van der Waals surface area contributed by atoms with Crippen LogP contribution < -0.4 is 0 Å². The molecule has 6 nitrogen and oxygen atoms in total. The molecule has 0 saturated carbocycles. The highest BCUT2D eigenvalue weighted by Crippen LogP contribution is 2.03. The van der Waals surface area contributed by atoms with Gasteiger partial charge in [0.15, 0.2) is 0 Å². The van der Waals surface area contributed by atoms with Crippen LogP contribution in [0.2, 0.25) is 0 Å². The van der Waals surface area contributed by atoms with Crippen molar-refractivity contribution in [2.75, 3.05) is 13.7 Å². The third-order valence-electron chi connectivity index (χ3n) is 1.70. The first-order chi connectivity index (χ1) is 7.19. The summed E-state index contributed by atoms with van der Waals surface area (Å²) in [5, 5.41) is 20.4. The molecule has 6 heteroatoms. The molecule has 0 saturated heterocycles. The van der Waals surface area contributed by atoms with Crippen LogP contribution in [0.3, 0.4) is 0 Å². The number of hydrogen-bond donors (Lipinski definition) is 2. The van der Waals surface area contributed by atoms with Crippen molar-refractivity contribution >= 4 is 11.7 Å². The summed E-state index contributed by atoms with van der Waals surface area (Å²) in [5.74, 6) is -1.06. The number of carboxylic acid groups (broad SMARTS) is 1. The molecule has 1 heterocycles. The van der Waals surface area contributed by atoms with Crippen LogP contribution in [-0.2, 0) is 4.74 Å². The quantitative estimate of drug-likeness (QED) is 0.431. The normalized spacial score (nSPS) is 11.4. The molecule has 0 aromatic carbocycles. The number of ether oxygens (including phenoxy) is 1. The van der Waals surface area contributed by atoms with E-state index in [2.05, 4.69) is 10.1 Å². The molecule has 2 N–H and O–H groups in total. The van der Waals surface area contributed by atoms with Gasteiger partial charge < -0.3 is 15.1 Å². The molecule has 0 aliphatic carbocycles. The minimum Gasteiger partial charge on any atom is -0.478 e. The maximum Gasteiger partial charge on any atom is 0.335 e. The van der Waals surface area contributed by atoms with Gasteiger partial charge in [-0.3, -0.25) is 4.98 Å². The van der Waals surface area contributed by atoms with Gasteiger partial charge in [-0.1, -0.05) is 5.16 Å². The number of hydrogen-bond acceptors (Lipinski definition) is 5. The van der Waals surface area contributed by atoms with Gasteiger partial charge in [-0.15, -0.1) is 0 Å². The van der Waals surface area contributed by atoms with Crippen molar-refractivity contribution in [3.8, 4) is 0 Å². The Labute approximate surface area is 85.8 Å². The first-order valence-electron chi connectivity index (χ1n) is 4.08. The summed E-state index contributed by atoms with van der Waals surface area (Å²) in [5.41, 5.74) is 0.539. The third-order valence-corrected chi connectivity index (χ3v) is 1.70.